The van der Waals surface area contributed by atoms with Gasteiger partial charge in [-0.1, -0.05) is 43.4 Å². The van der Waals surface area contributed by atoms with Crippen molar-refractivity contribution in [3.05, 3.63) is 0 Å². The van der Waals surface area contributed by atoms with Crippen LogP contribution in [0.3, 0.4) is 0 Å². The standard InChI is InChI=1S/C8H16INO2/c1-8(2,3)6(4-5-9)10-7(11)12/h6,10H,4-5H2,1-3H3,(H,11,12). The van der Waals surface area contributed by atoms with E-state index in [1.807, 2.05) is 20.8 Å². The molecular formula is C8H16INO2. The molecule has 0 aliphatic heterocycles. The number of carbonyl (C=O) groups is 1. The Balaban J connectivity index is 4.13. The first-order valence-corrected chi connectivity index (χ1v) is 5.46. The number of rotatable bonds is 3. The molecule has 0 bridgehead atoms. The molecule has 1 amide bonds. The third-order valence-electron chi connectivity index (χ3n) is 1.74. The minimum Gasteiger partial charge on any atom is -0.465 e. The summed E-state index contributed by atoms with van der Waals surface area (Å²) in [7, 11) is 0. The molecule has 0 rings (SSSR count). The summed E-state index contributed by atoms with van der Waals surface area (Å²) in [6.07, 6.45) is -0.0455. The van der Waals surface area contributed by atoms with Gasteiger partial charge < -0.3 is 10.4 Å². The molecule has 0 aromatic carbocycles. The van der Waals surface area contributed by atoms with Crippen LogP contribution < -0.4 is 5.32 Å². The molecule has 0 aromatic rings. The molecule has 2 N–H and O–H groups in total. The Hall–Kier alpha value is 0. The van der Waals surface area contributed by atoms with Gasteiger partial charge in [0, 0.05) is 10.5 Å². The molecule has 3 nitrogen and oxygen atoms in total. The normalized spacial score (nSPS) is 14.0. The Morgan fingerprint density at radius 2 is 2.08 bits per heavy atom. The second-order valence-corrected chi connectivity index (χ2v) is 4.92. The van der Waals surface area contributed by atoms with Crippen molar-refractivity contribution in [1.29, 1.82) is 0 Å². The van der Waals surface area contributed by atoms with E-state index < -0.39 is 6.09 Å². The van der Waals surface area contributed by atoms with Crippen molar-refractivity contribution < 1.29 is 9.90 Å². The Bertz CT molecular complexity index is 154. The number of amides is 1. The molecule has 12 heavy (non-hydrogen) atoms. The first kappa shape index (κ1) is 12.0. The fourth-order valence-electron chi connectivity index (χ4n) is 0.980. The molecule has 0 aromatic heterocycles. The molecule has 0 spiro atoms. The van der Waals surface area contributed by atoms with Gasteiger partial charge in [0.15, 0.2) is 0 Å². The van der Waals surface area contributed by atoms with Gasteiger partial charge in [-0.3, -0.25) is 0 Å². The minimum atomic E-state index is -0.931. The maximum atomic E-state index is 10.4. The van der Waals surface area contributed by atoms with Crippen LogP contribution in [0.5, 0.6) is 0 Å². The van der Waals surface area contributed by atoms with E-state index in [1.54, 1.807) is 0 Å². The Kier molecular flexibility index (Phi) is 4.89. The van der Waals surface area contributed by atoms with E-state index in [1.165, 1.54) is 0 Å². The second-order valence-electron chi connectivity index (χ2n) is 3.85. The zero-order chi connectivity index (χ0) is 9.78. The summed E-state index contributed by atoms with van der Waals surface area (Å²) >= 11 is 2.26. The molecule has 1 atom stereocenters. The quantitative estimate of drug-likeness (QED) is 0.618. The van der Waals surface area contributed by atoms with Gasteiger partial charge in [0.25, 0.3) is 0 Å². The van der Waals surface area contributed by atoms with Gasteiger partial charge in [0.1, 0.15) is 0 Å². The van der Waals surface area contributed by atoms with E-state index in [0.29, 0.717) is 0 Å². The smallest absolute Gasteiger partial charge is 0.404 e. The Morgan fingerprint density at radius 3 is 2.33 bits per heavy atom. The van der Waals surface area contributed by atoms with Gasteiger partial charge in [-0.05, 0) is 11.8 Å². The Morgan fingerprint density at radius 1 is 1.58 bits per heavy atom. The number of nitrogens with one attached hydrogen (secondary N) is 1. The van der Waals surface area contributed by atoms with Gasteiger partial charge >= 0.3 is 6.09 Å². The van der Waals surface area contributed by atoms with Crippen LogP contribution in [0.4, 0.5) is 4.79 Å². The fraction of sp³-hybridized carbons (Fsp3) is 0.875. The highest BCUT2D eigenvalue weighted by Crippen LogP contribution is 2.22. The predicted octanol–water partition coefficient (Wildman–Crippen LogP) is 2.49. The Labute approximate surface area is 87.1 Å². The third kappa shape index (κ3) is 4.79. The van der Waals surface area contributed by atoms with Crippen LogP contribution in [0.15, 0.2) is 0 Å². The summed E-state index contributed by atoms with van der Waals surface area (Å²) in [5, 5.41) is 11.1. The number of carboxylic acid groups (broad SMARTS) is 1. The highest BCUT2D eigenvalue weighted by Gasteiger charge is 2.25. The van der Waals surface area contributed by atoms with Crippen LogP contribution in [-0.4, -0.2) is 21.7 Å². The van der Waals surface area contributed by atoms with E-state index in [0.717, 1.165) is 10.8 Å². The van der Waals surface area contributed by atoms with Gasteiger partial charge in [-0.25, -0.2) is 4.79 Å². The zero-order valence-corrected chi connectivity index (χ0v) is 9.88. The lowest BCUT2D eigenvalue weighted by molar-refractivity contribution is 0.174. The topological polar surface area (TPSA) is 49.3 Å². The summed E-state index contributed by atoms with van der Waals surface area (Å²) in [5.74, 6) is 0. The van der Waals surface area contributed by atoms with E-state index in [2.05, 4.69) is 27.9 Å². The highest BCUT2D eigenvalue weighted by atomic mass is 127. The SMILES string of the molecule is CC(C)(C)C(CCI)NC(=O)O. The van der Waals surface area contributed by atoms with E-state index in [9.17, 15) is 4.79 Å². The molecule has 0 heterocycles. The summed E-state index contributed by atoms with van der Waals surface area (Å²) in [6, 6.07) is 0.0481. The van der Waals surface area contributed by atoms with Crippen molar-refractivity contribution in [3.8, 4) is 0 Å². The van der Waals surface area contributed by atoms with Crippen molar-refractivity contribution in [2.75, 3.05) is 4.43 Å². The zero-order valence-electron chi connectivity index (χ0n) is 7.72. The summed E-state index contributed by atoms with van der Waals surface area (Å²) in [4.78, 5) is 10.4. The molecular weight excluding hydrogens is 269 g/mol. The van der Waals surface area contributed by atoms with Crippen LogP contribution >= 0.6 is 22.6 Å². The van der Waals surface area contributed by atoms with Crippen molar-refractivity contribution in [3.63, 3.8) is 0 Å². The summed E-state index contributed by atoms with van der Waals surface area (Å²) < 4.78 is 0.972. The van der Waals surface area contributed by atoms with Gasteiger partial charge in [-0.15, -0.1) is 0 Å². The number of halogens is 1. The maximum absolute atomic E-state index is 10.4. The lowest BCUT2D eigenvalue weighted by atomic mass is 9.85. The fourth-order valence-corrected chi connectivity index (χ4v) is 1.60. The third-order valence-corrected chi connectivity index (χ3v) is 2.36. The van der Waals surface area contributed by atoms with Crippen LogP contribution in [0, 0.1) is 5.41 Å². The monoisotopic (exact) mass is 285 g/mol. The van der Waals surface area contributed by atoms with Crippen LogP contribution in [-0.2, 0) is 0 Å². The highest BCUT2D eigenvalue weighted by molar-refractivity contribution is 14.1. The van der Waals surface area contributed by atoms with E-state index in [-0.39, 0.29) is 11.5 Å². The minimum absolute atomic E-state index is 0.00353. The van der Waals surface area contributed by atoms with Gasteiger partial charge in [0.05, 0.1) is 0 Å². The largest absolute Gasteiger partial charge is 0.465 e. The molecule has 0 aliphatic carbocycles. The molecule has 0 aliphatic rings. The molecule has 4 heteroatoms. The lowest BCUT2D eigenvalue weighted by Crippen LogP contribution is -2.43. The molecule has 0 saturated heterocycles. The average Bonchev–Trinajstić information content (AvgIpc) is 1.83. The van der Waals surface area contributed by atoms with Crippen molar-refractivity contribution in [2.45, 2.75) is 33.2 Å². The van der Waals surface area contributed by atoms with Crippen LogP contribution in [0.2, 0.25) is 0 Å². The molecule has 0 fully saturated rings. The molecule has 0 radical (unpaired) electrons. The summed E-state index contributed by atoms with van der Waals surface area (Å²) in [6.45, 7) is 6.12. The van der Waals surface area contributed by atoms with Gasteiger partial charge in [-0.2, -0.15) is 0 Å². The van der Waals surface area contributed by atoms with Crippen molar-refractivity contribution in [1.82, 2.24) is 5.32 Å². The number of hydrogen-bond donors (Lipinski definition) is 2. The predicted molar refractivity (Wildman–Crippen MR) is 57.9 cm³/mol. The molecule has 72 valence electrons. The first-order valence-electron chi connectivity index (χ1n) is 3.93. The lowest BCUT2D eigenvalue weighted by Gasteiger charge is -2.29. The number of alkyl halides is 1. The van der Waals surface area contributed by atoms with Gasteiger partial charge in [0.2, 0.25) is 0 Å². The van der Waals surface area contributed by atoms with Crippen molar-refractivity contribution in [2.24, 2.45) is 5.41 Å². The molecule has 1 unspecified atom stereocenters. The second kappa shape index (κ2) is 4.89. The van der Waals surface area contributed by atoms with E-state index >= 15 is 0 Å². The summed E-state index contributed by atoms with van der Waals surface area (Å²) in [5.41, 5.74) is 0.00353. The first-order chi connectivity index (χ1) is 5.38. The van der Waals surface area contributed by atoms with Crippen molar-refractivity contribution >= 4 is 28.7 Å². The molecule has 0 saturated carbocycles. The van der Waals surface area contributed by atoms with Crippen LogP contribution in [0.1, 0.15) is 27.2 Å². The average molecular weight is 285 g/mol. The number of hydrogen-bond acceptors (Lipinski definition) is 1. The van der Waals surface area contributed by atoms with Crippen LogP contribution in [0.25, 0.3) is 0 Å². The van der Waals surface area contributed by atoms with E-state index in [4.69, 9.17) is 5.11 Å². The maximum Gasteiger partial charge on any atom is 0.404 e.